The lowest BCUT2D eigenvalue weighted by Gasteiger charge is -1.91. The topological polar surface area (TPSA) is 57.0 Å². The molecule has 0 saturated carbocycles. The number of nitrogens with zero attached hydrogens (tertiary/aromatic N) is 2. The molecule has 0 atom stereocenters. The maximum absolute atomic E-state index is 5.77. The Morgan fingerprint density at radius 3 is 2.77 bits per heavy atom. The standard InChI is InChI=1S/C9H11N3O/c1-6-8(7-4-3-5-13-7)11-12(2)9(6)10/h3-5H,10H2,1-2H3. The Balaban J connectivity index is 2.59. The molecule has 2 rings (SSSR count). The number of rotatable bonds is 1. The molecule has 2 heterocycles. The molecule has 0 aromatic carbocycles. The van der Waals surface area contributed by atoms with Crippen molar-refractivity contribution in [2.45, 2.75) is 6.92 Å². The third-order valence-corrected chi connectivity index (χ3v) is 2.09. The van der Waals surface area contributed by atoms with Crippen LogP contribution in [0.5, 0.6) is 0 Å². The molecule has 0 aliphatic rings. The van der Waals surface area contributed by atoms with Crippen LogP contribution < -0.4 is 5.73 Å². The van der Waals surface area contributed by atoms with E-state index < -0.39 is 0 Å². The summed E-state index contributed by atoms with van der Waals surface area (Å²) in [6.07, 6.45) is 1.62. The molecule has 0 amide bonds. The fourth-order valence-corrected chi connectivity index (χ4v) is 1.29. The van der Waals surface area contributed by atoms with Gasteiger partial charge in [0.15, 0.2) is 5.76 Å². The number of nitrogen functional groups attached to an aromatic ring is 1. The summed E-state index contributed by atoms with van der Waals surface area (Å²) >= 11 is 0. The number of nitrogens with two attached hydrogens (primary N) is 1. The highest BCUT2D eigenvalue weighted by atomic mass is 16.3. The molecule has 0 bridgehead atoms. The van der Waals surface area contributed by atoms with Crippen molar-refractivity contribution in [3.8, 4) is 11.5 Å². The molecule has 4 nitrogen and oxygen atoms in total. The summed E-state index contributed by atoms with van der Waals surface area (Å²) in [6.45, 7) is 1.93. The fraction of sp³-hybridized carbons (Fsp3) is 0.222. The molecular formula is C9H11N3O. The number of aryl methyl sites for hydroxylation is 1. The van der Waals surface area contributed by atoms with Crippen LogP contribution in [-0.2, 0) is 7.05 Å². The van der Waals surface area contributed by atoms with E-state index >= 15 is 0 Å². The first-order chi connectivity index (χ1) is 6.20. The van der Waals surface area contributed by atoms with Crippen LogP contribution in [-0.4, -0.2) is 9.78 Å². The first-order valence-corrected chi connectivity index (χ1v) is 4.03. The van der Waals surface area contributed by atoms with Crippen LogP contribution in [0.4, 0.5) is 5.82 Å². The van der Waals surface area contributed by atoms with E-state index in [1.54, 1.807) is 10.9 Å². The molecule has 2 N–H and O–H groups in total. The van der Waals surface area contributed by atoms with Gasteiger partial charge in [0.25, 0.3) is 0 Å². The molecule has 13 heavy (non-hydrogen) atoms. The van der Waals surface area contributed by atoms with Gasteiger partial charge in [0, 0.05) is 12.6 Å². The van der Waals surface area contributed by atoms with Crippen LogP contribution in [0.1, 0.15) is 5.56 Å². The van der Waals surface area contributed by atoms with Crippen molar-refractivity contribution in [2.75, 3.05) is 5.73 Å². The van der Waals surface area contributed by atoms with Crippen molar-refractivity contribution in [3.63, 3.8) is 0 Å². The van der Waals surface area contributed by atoms with Gasteiger partial charge in [-0.1, -0.05) is 0 Å². The van der Waals surface area contributed by atoms with Gasteiger partial charge in [-0.2, -0.15) is 5.10 Å². The number of furan rings is 1. The summed E-state index contributed by atoms with van der Waals surface area (Å²) in [5.74, 6) is 1.43. The van der Waals surface area contributed by atoms with E-state index in [0.29, 0.717) is 5.82 Å². The van der Waals surface area contributed by atoms with Crippen LogP contribution in [0.25, 0.3) is 11.5 Å². The first kappa shape index (κ1) is 7.91. The molecular weight excluding hydrogens is 166 g/mol. The van der Waals surface area contributed by atoms with Gasteiger partial charge in [-0.15, -0.1) is 0 Å². The summed E-state index contributed by atoms with van der Waals surface area (Å²) in [7, 11) is 1.81. The van der Waals surface area contributed by atoms with E-state index in [9.17, 15) is 0 Å². The molecule has 4 heteroatoms. The van der Waals surface area contributed by atoms with Crippen molar-refractivity contribution in [3.05, 3.63) is 24.0 Å². The molecule has 0 saturated heterocycles. The van der Waals surface area contributed by atoms with Gasteiger partial charge in [-0.25, -0.2) is 0 Å². The molecule has 0 aliphatic heterocycles. The lowest BCUT2D eigenvalue weighted by molar-refractivity contribution is 0.577. The Bertz CT molecular complexity index is 414. The molecule has 0 unspecified atom stereocenters. The predicted octanol–water partition coefficient (Wildman–Crippen LogP) is 1.57. The van der Waals surface area contributed by atoms with Crippen LogP contribution in [0.2, 0.25) is 0 Å². The Morgan fingerprint density at radius 2 is 2.31 bits per heavy atom. The van der Waals surface area contributed by atoms with Gasteiger partial charge >= 0.3 is 0 Å². The van der Waals surface area contributed by atoms with E-state index in [1.165, 1.54) is 0 Å². The van der Waals surface area contributed by atoms with Gasteiger partial charge in [0.2, 0.25) is 0 Å². The largest absolute Gasteiger partial charge is 0.463 e. The Morgan fingerprint density at radius 1 is 1.54 bits per heavy atom. The molecule has 0 fully saturated rings. The van der Waals surface area contributed by atoms with Gasteiger partial charge < -0.3 is 10.2 Å². The molecule has 2 aromatic rings. The highest BCUT2D eigenvalue weighted by Gasteiger charge is 2.12. The zero-order chi connectivity index (χ0) is 9.42. The summed E-state index contributed by atoms with van der Waals surface area (Å²) in [4.78, 5) is 0. The third-order valence-electron chi connectivity index (χ3n) is 2.09. The highest BCUT2D eigenvalue weighted by Crippen LogP contribution is 2.25. The van der Waals surface area contributed by atoms with Crippen molar-refractivity contribution in [2.24, 2.45) is 7.05 Å². The number of anilines is 1. The van der Waals surface area contributed by atoms with E-state index in [-0.39, 0.29) is 0 Å². The predicted molar refractivity (Wildman–Crippen MR) is 50.1 cm³/mol. The summed E-state index contributed by atoms with van der Waals surface area (Å²) in [5.41, 5.74) is 7.53. The second-order valence-corrected chi connectivity index (χ2v) is 2.96. The van der Waals surface area contributed by atoms with Crippen molar-refractivity contribution < 1.29 is 4.42 Å². The minimum atomic E-state index is 0.673. The van der Waals surface area contributed by atoms with Crippen LogP contribution >= 0.6 is 0 Å². The molecule has 68 valence electrons. The highest BCUT2D eigenvalue weighted by molar-refractivity contribution is 5.63. The first-order valence-electron chi connectivity index (χ1n) is 4.03. The summed E-state index contributed by atoms with van der Waals surface area (Å²) < 4.78 is 6.88. The lowest BCUT2D eigenvalue weighted by Crippen LogP contribution is -1.97. The average molecular weight is 177 g/mol. The zero-order valence-corrected chi connectivity index (χ0v) is 7.61. The Kier molecular flexibility index (Phi) is 1.62. The van der Waals surface area contributed by atoms with Crippen molar-refractivity contribution >= 4 is 5.82 Å². The molecule has 2 aromatic heterocycles. The number of hydrogen-bond donors (Lipinski definition) is 1. The van der Waals surface area contributed by atoms with Crippen LogP contribution in [0.15, 0.2) is 22.8 Å². The Labute approximate surface area is 76.0 Å². The third kappa shape index (κ3) is 1.11. The van der Waals surface area contributed by atoms with Crippen LogP contribution in [0.3, 0.4) is 0 Å². The lowest BCUT2D eigenvalue weighted by atomic mass is 10.2. The van der Waals surface area contributed by atoms with E-state index in [2.05, 4.69) is 5.10 Å². The van der Waals surface area contributed by atoms with Crippen LogP contribution in [0, 0.1) is 6.92 Å². The average Bonchev–Trinajstić information content (AvgIpc) is 2.70. The second-order valence-electron chi connectivity index (χ2n) is 2.96. The minimum absolute atomic E-state index is 0.673. The van der Waals surface area contributed by atoms with Gasteiger partial charge in [0.1, 0.15) is 11.5 Å². The van der Waals surface area contributed by atoms with Gasteiger partial charge in [0.05, 0.1) is 6.26 Å². The summed E-state index contributed by atoms with van der Waals surface area (Å²) in [5, 5.41) is 4.25. The number of aromatic nitrogens is 2. The molecule has 0 spiro atoms. The van der Waals surface area contributed by atoms with E-state index in [0.717, 1.165) is 17.0 Å². The van der Waals surface area contributed by atoms with Crippen molar-refractivity contribution in [1.82, 2.24) is 9.78 Å². The van der Waals surface area contributed by atoms with Gasteiger partial charge in [-0.05, 0) is 19.1 Å². The Hall–Kier alpha value is -1.71. The quantitative estimate of drug-likeness (QED) is 0.719. The fourth-order valence-electron chi connectivity index (χ4n) is 1.29. The van der Waals surface area contributed by atoms with Crippen molar-refractivity contribution in [1.29, 1.82) is 0 Å². The number of hydrogen-bond acceptors (Lipinski definition) is 3. The minimum Gasteiger partial charge on any atom is -0.463 e. The maximum Gasteiger partial charge on any atom is 0.154 e. The normalized spacial score (nSPS) is 10.6. The molecule has 0 radical (unpaired) electrons. The van der Waals surface area contributed by atoms with E-state index in [4.69, 9.17) is 10.2 Å². The monoisotopic (exact) mass is 177 g/mol. The summed E-state index contributed by atoms with van der Waals surface area (Å²) in [6, 6.07) is 3.70. The zero-order valence-electron chi connectivity index (χ0n) is 7.61. The smallest absolute Gasteiger partial charge is 0.154 e. The molecule has 0 aliphatic carbocycles. The van der Waals surface area contributed by atoms with Gasteiger partial charge in [-0.3, -0.25) is 4.68 Å². The second kappa shape index (κ2) is 2.65. The maximum atomic E-state index is 5.77. The van der Waals surface area contributed by atoms with E-state index in [1.807, 2.05) is 26.1 Å². The SMILES string of the molecule is Cc1c(-c2ccco2)nn(C)c1N.